The highest BCUT2D eigenvalue weighted by Crippen LogP contribution is 2.10. The molecule has 1 rings (SSSR count). The van der Waals surface area contributed by atoms with Crippen LogP contribution in [0.4, 0.5) is 0 Å². The van der Waals surface area contributed by atoms with Crippen LogP contribution in [-0.4, -0.2) is 19.1 Å². The topological polar surface area (TPSA) is 38.3 Å². The number of hydrogen-bond donors (Lipinski definition) is 1. The Morgan fingerprint density at radius 1 is 1.53 bits per heavy atom. The quantitative estimate of drug-likeness (QED) is 0.626. The third kappa shape index (κ3) is 5.02. The average molecular weight is 254 g/mol. The van der Waals surface area contributed by atoms with Crippen molar-refractivity contribution >= 4 is 17.6 Å². The van der Waals surface area contributed by atoms with Gasteiger partial charge in [0.1, 0.15) is 0 Å². The first kappa shape index (κ1) is 13.7. The van der Waals surface area contributed by atoms with Crippen molar-refractivity contribution in [3.05, 3.63) is 47.0 Å². The molecule has 17 heavy (non-hydrogen) atoms. The van der Waals surface area contributed by atoms with E-state index in [1.165, 1.54) is 0 Å². The number of halogens is 1. The first-order valence-corrected chi connectivity index (χ1v) is 5.81. The van der Waals surface area contributed by atoms with Gasteiger partial charge < -0.3 is 10.1 Å². The van der Waals surface area contributed by atoms with E-state index in [-0.39, 0.29) is 5.97 Å². The lowest BCUT2D eigenvalue weighted by Crippen LogP contribution is -2.21. The second kappa shape index (κ2) is 7.09. The summed E-state index contributed by atoms with van der Waals surface area (Å²) in [4.78, 5) is 11.3. The second-order valence-electron chi connectivity index (χ2n) is 3.56. The van der Waals surface area contributed by atoms with Gasteiger partial charge in [-0.3, -0.25) is 0 Å². The van der Waals surface area contributed by atoms with Crippen LogP contribution in [-0.2, 0) is 16.1 Å². The second-order valence-corrected chi connectivity index (χ2v) is 3.99. The monoisotopic (exact) mass is 253 g/mol. The molecule has 0 saturated heterocycles. The molecule has 1 N–H and O–H groups in total. The van der Waals surface area contributed by atoms with Gasteiger partial charge in [0, 0.05) is 23.7 Å². The van der Waals surface area contributed by atoms with Gasteiger partial charge in [0.2, 0.25) is 0 Å². The molecule has 0 aliphatic carbocycles. The molecule has 0 radical (unpaired) electrons. The van der Waals surface area contributed by atoms with E-state index >= 15 is 0 Å². The Morgan fingerprint density at radius 3 is 2.94 bits per heavy atom. The van der Waals surface area contributed by atoms with Crippen molar-refractivity contribution in [3.63, 3.8) is 0 Å². The van der Waals surface area contributed by atoms with Crippen LogP contribution in [0.5, 0.6) is 0 Å². The van der Waals surface area contributed by atoms with Gasteiger partial charge in [0.25, 0.3) is 0 Å². The van der Waals surface area contributed by atoms with E-state index in [9.17, 15) is 4.79 Å². The Morgan fingerprint density at radius 2 is 2.29 bits per heavy atom. The molecule has 0 atom stereocenters. The molecule has 0 bridgehead atoms. The van der Waals surface area contributed by atoms with E-state index in [1.54, 1.807) is 6.92 Å². The molecule has 0 aliphatic rings. The summed E-state index contributed by atoms with van der Waals surface area (Å²) >= 11 is 5.86. The van der Waals surface area contributed by atoms with Crippen LogP contribution in [0, 0.1) is 0 Å². The largest absolute Gasteiger partial charge is 0.463 e. The summed E-state index contributed by atoms with van der Waals surface area (Å²) in [6, 6.07) is 7.55. The molecular formula is C13H16ClNO2. The molecular weight excluding hydrogens is 238 g/mol. The third-order valence-electron chi connectivity index (χ3n) is 2.12. The lowest BCUT2D eigenvalue weighted by molar-refractivity contribution is -0.138. The maximum Gasteiger partial charge on any atom is 0.334 e. The van der Waals surface area contributed by atoms with Crippen LogP contribution in [0.3, 0.4) is 0 Å². The lowest BCUT2D eigenvalue weighted by atomic mass is 10.2. The fraction of sp³-hybridized carbons (Fsp3) is 0.308. The summed E-state index contributed by atoms with van der Waals surface area (Å²) < 4.78 is 4.83. The van der Waals surface area contributed by atoms with Crippen molar-refractivity contribution in [1.29, 1.82) is 0 Å². The van der Waals surface area contributed by atoms with E-state index in [1.807, 2.05) is 24.3 Å². The number of carbonyl (C=O) groups is 1. The summed E-state index contributed by atoms with van der Waals surface area (Å²) in [5.74, 6) is -0.355. The molecule has 92 valence electrons. The Bertz CT molecular complexity index is 404. The fourth-order valence-corrected chi connectivity index (χ4v) is 1.52. The summed E-state index contributed by atoms with van der Waals surface area (Å²) in [6.07, 6.45) is 0. The zero-order valence-electron chi connectivity index (χ0n) is 9.83. The van der Waals surface area contributed by atoms with Crippen molar-refractivity contribution < 1.29 is 9.53 Å². The van der Waals surface area contributed by atoms with Crippen molar-refractivity contribution in [2.45, 2.75) is 13.5 Å². The minimum atomic E-state index is -0.355. The number of esters is 1. The van der Waals surface area contributed by atoms with E-state index < -0.39 is 0 Å². The van der Waals surface area contributed by atoms with Gasteiger partial charge in [-0.2, -0.15) is 0 Å². The minimum absolute atomic E-state index is 0.355. The first-order valence-electron chi connectivity index (χ1n) is 5.43. The normalized spacial score (nSPS) is 10.0. The van der Waals surface area contributed by atoms with Crippen LogP contribution in [0.15, 0.2) is 36.4 Å². The summed E-state index contributed by atoms with van der Waals surface area (Å²) in [7, 11) is 0. The van der Waals surface area contributed by atoms with Gasteiger partial charge in [-0.25, -0.2) is 4.79 Å². The average Bonchev–Trinajstić information content (AvgIpc) is 2.29. The van der Waals surface area contributed by atoms with Gasteiger partial charge in [-0.05, 0) is 24.6 Å². The Labute approximate surface area is 106 Å². The number of nitrogens with one attached hydrogen (secondary N) is 1. The molecule has 0 heterocycles. The van der Waals surface area contributed by atoms with Gasteiger partial charge in [-0.15, -0.1) is 0 Å². The molecule has 0 unspecified atom stereocenters. The predicted octanol–water partition coefficient (Wildman–Crippen LogP) is 2.55. The number of hydrogen-bond acceptors (Lipinski definition) is 3. The fourth-order valence-electron chi connectivity index (χ4n) is 1.31. The molecule has 1 aromatic rings. The van der Waals surface area contributed by atoms with Crippen molar-refractivity contribution in [1.82, 2.24) is 5.32 Å². The van der Waals surface area contributed by atoms with E-state index in [4.69, 9.17) is 16.3 Å². The smallest absolute Gasteiger partial charge is 0.334 e. The number of ether oxygens (including phenoxy) is 1. The van der Waals surface area contributed by atoms with Crippen LogP contribution in [0.1, 0.15) is 12.5 Å². The van der Waals surface area contributed by atoms with E-state index in [2.05, 4.69) is 11.9 Å². The summed E-state index contributed by atoms with van der Waals surface area (Å²) in [6.45, 7) is 6.84. The van der Waals surface area contributed by atoms with Crippen LogP contribution in [0.25, 0.3) is 0 Å². The van der Waals surface area contributed by atoms with Crippen LogP contribution >= 0.6 is 11.6 Å². The Balaban J connectivity index is 2.33. The molecule has 0 saturated carbocycles. The summed E-state index contributed by atoms with van der Waals surface area (Å²) in [5.41, 5.74) is 1.49. The molecule has 0 aromatic heterocycles. The standard InChI is InChI=1S/C13H16ClNO2/c1-3-17-13(16)10(2)8-15-9-11-5-4-6-12(14)7-11/h4-7,15H,2-3,8-9H2,1H3. The van der Waals surface area contributed by atoms with Crippen molar-refractivity contribution in [2.24, 2.45) is 0 Å². The SMILES string of the molecule is C=C(CNCc1cccc(Cl)c1)C(=O)OCC. The zero-order valence-corrected chi connectivity index (χ0v) is 10.6. The van der Waals surface area contributed by atoms with Gasteiger partial charge in [0.05, 0.1) is 6.61 Å². The zero-order chi connectivity index (χ0) is 12.7. The first-order chi connectivity index (χ1) is 8.13. The van der Waals surface area contributed by atoms with Crippen molar-refractivity contribution in [2.75, 3.05) is 13.2 Å². The maximum absolute atomic E-state index is 11.3. The van der Waals surface area contributed by atoms with Crippen LogP contribution < -0.4 is 5.32 Å². The highest BCUT2D eigenvalue weighted by atomic mass is 35.5. The lowest BCUT2D eigenvalue weighted by Gasteiger charge is -2.07. The highest BCUT2D eigenvalue weighted by Gasteiger charge is 2.06. The Hall–Kier alpha value is -1.32. The molecule has 1 aromatic carbocycles. The van der Waals surface area contributed by atoms with E-state index in [0.29, 0.717) is 30.3 Å². The van der Waals surface area contributed by atoms with Gasteiger partial charge >= 0.3 is 5.97 Å². The van der Waals surface area contributed by atoms with Gasteiger partial charge in [0.15, 0.2) is 0 Å². The minimum Gasteiger partial charge on any atom is -0.463 e. The maximum atomic E-state index is 11.3. The predicted molar refractivity (Wildman–Crippen MR) is 68.9 cm³/mol. The van der Waals surface area contributed by atoms with E-state index in [0.717, 1.165) is 5.56 Å². The molecule has 0 aliphatic heterocycles. The number of carbonyl (C=O) groups excluding carboxylic acids is 1. The number of benzene rings is 1. The molecule has 4 heteroatoms. The third-order valence-corrected chi connectivity index (χ3v) is 2.36. The Kier molecular flexibility index (Phi) is 5.73. The molecule has 0 fully saturated rings. The molecule has 3 nitrogen and oxygen atoms in total. The van der Waals surface area contributed by atoms with Crippen LogP contribution in [0.2, 0.25) is 5.02 Å². The molecule has 0 amide bonds. The summed E-state index contributed by atoms with van der Waals surface area (Å²) in [5, 5.41) is 3.81. The van der Waals surface area contributed by atoms with Crippen molar-refractivity contribution in [3.8, 4) is 0 Å². The van der Waals surface area contributed by atoms with Gasteiger partial charge in [-0.1, -0.05) is 30.3 Å². The number of rotatable bonds is 6. The molecule has 0 spiro atoms. The highest BCUT2D eigenvalue weighted by molar-refractivity contribution is 6.30.